The lowest BCUT2D eigenvalue weighted by molar-refractivity contribution is -0.160. The van der Waals surface area contributed by atoms with Crippen LogP contribution in [0.1, 0.15) is 79.9 Å². The number of carbonyl (C=O) groups excluding carboxylic acids is 5. The van der Waals surface area contributed by atoms with Crippen LogP contribution in [-0.4, -0.2) is 81.1 Å². The molecule has 2 aromatic carbocycles. The van der Waals surface area contributed by atoms with Crippen molar-refractivity contribution in [2.45, 2.75) is 76.4 Å². The number of hydrogen-bond acceptors (Lipinski definition) is 13. The van der Waals surface area contributed by atoms with Gasteiger partial charge in [0.05, 0.1) is 41.7 Å². The van der Waals surface area contributed by atoms with Crippen LogP contribution < -0.4 is 10.5 Å². The largest absolute Gasteiger partial charge is 0.467 e. The van der Waals surface area contributed by atoms with Gasteiger partial charge in [0, 0.05) is 35.8 Å². The van der Waals surface area contributed by atoms with Gasteiger partial charge in [0.2, 0.25) is 22.6 Å². The number of hydrogen-bond donors (Lipinski definition) is 2. The molecule has 0 saturated carbocycles. The Hall–Kier alpha value is -4.48. The second-order valence-electron chi connectivity index (χ2n) is 12.8. The number of rotatable bonds is 20. The lowest BCUT2D eigenvalue weighted by atomic mass is 9.98. The molecule has 0 aliphatic heterocycles. The number of furan rings is 1. The van der Waals surface area contributed by atoms with Gasteiger partial charge in [-0.2, -0.15) is 0 Å². The van der Waals surface area contributed by atoms with Crippen molar-refractivity contribution in [1.29, 1.82) is 0 Å². The third-order valence-corrected chi connectivity index (χ3v) is 9.25. The number of ether oxygens (including phenoxy) is 4. The minimum absolute atomic E-state index is 0.00726. The van der Waals surface area contributed by atoms with Crippen molar-refractivity contribution in [2.24, 2.45) is 5.14 Å². The number of sulfonamides is 1. The highest BCUT2D eigenvalue weighted by Gasteiger charge is 2.36. The molecule has 0 aliphatic rings. The van der Waals surface area contributed by atoms with Crippen LogP contribution in [0, 0.1) is 0 Å². The molecule has 1 heterocycles. The van der Waals surface area contributed by atoms with Crippen molar-refractivity contribution in [2.75, 3.05) is 31.9 Å². The van der Waals surface area contributed by atoms with Crippen molar-refractivity contribution in [3.8, 4) is 0 Å². The van der Waals surface area contributed by atoms with Crippen LogP contribution in [0.2, 0.25) is 10.0 Å². The first kappa shape index (κ1) is 43.9. The highest BCUT2D eigenvalue weighted by Crippen LogP contribution is 2.29. The van der Waals surface area contributed by atoms with Gasteiger partial charge in [0.1, 0.15) is 10.7 Å². The van der Waals surface area contributed by atoms with Crippen molar-refractivity contribution in [1.82, 2.24) is 4.90 Å². The Morgan fingerprint density at radius 2 is 1.63 bits per heavy atom. The molecule has 3 N–H and O–H groups in total. The quantitative estimate of drug-likeness (QED) is 0.0431. The number of unbranched alkanes of at least 4 members (excludes halogenated alkanes) is 1. The molecule has 0 saturated heterocycles. The normalized spacial score (nSPS) is 12.1. The third-order valence-electron chi connectivity index (χ3n) is 7.64. The van der Waals surface area contributed by atoms with Gasteiger partial charge in [-0.05, 0) is 83.4 Å². The molecule has 294 valence electrons. The van der Waals surface area contributed by atoms with Crippen LogP contribution in [0.25, 0.3) is 0 Å². The Morgan fingerprint density at radius 3 is 2.28 bits per heavy atom. The van der Waals surface area contributed by atoms with E-state index in [1.54, 1.807) is 58.0 Å². The predicted molar refractivity (Wildman–Crippen MR) is 198 cm³/mol. The van der Waals surface area contributed by atoms with Gasteiger partial charge in [0.15, 0.2) is 5.78 Å². The number of nitrogens with zero attached hydrogens (tertiary/aromatic N) is 1. The molecule has 3 aromatic rings. The van der Waals surface area contributed by atoms with E-state index >= 15 is 0 Å². The number of anilines is 1. The average Bonchev–Trinajstić information content (AvgIpc) is 3.62. The number of halogens is 2. The molecule has 0 bridgehead atoms. The molecular formula is C36H43Cl2N3O12S. The van der Waals surface area contributed by atoms with Crippen LogP contribution >= 0.6 is 23.2 Å². The van der Waals surface area contributed by atoms with E-state index in [4.69, 9.17) is 51.7 Å². The smallest absolute Gasteiger partial charge is 0.413 e. The van der Waals surface area contributed by atoms with Crippen molar-refractivity contribution in [3.63, 3.8) is 0 Å². The number of benzene rings is 2. The van der Waals surface area contributed by atoms with E-state index in [9.17, 15) is 32.4 Å². The topological polar surface area (TPSA) is 211 Å². The molecule has 0 fully saturated rings. The highest BCUT2D eigenvalue weighted by molar-refractivity contribution is 7.89. The molecule has 1 unspecified atom stereocenters. The number of ketones is 2. The molecule has 3 rings (SSSR count). The van der Waals surface area contributed by atoms with Crippen molar-refractivity contribution in [3.05, 3.63) is 81.7 Å². The Morgan fingerprint density at radius 1 is 0.926 bits per heavy atom. The number of nitrogens with two attached hydrogens (primary N) is 1. The van der Waals surface area contributed by atoms with Crippen LogP contribution in [0.5, 0.6) is 0 Å². The third kappa shape index (κ3) is 13.4. The van der Waals surface area contributed by atoms with Gasteiger partial charge in [-0.3, -0.25) is 14.5 Å². The van der Waals surface area contributed by atoms with E-state index in [-0.39, 0.29) is 61.3 Å². The minimum atomic E-state index is -4.22. The average molecular weight is 813 g/mol. The van der Waals surface area contributed by atoms with Gasteiger partial charge >= 0.3 is 18.0 Å². The standard InChI is InChI=1S/C36H43Cl2N3O12S/c1-23(32(43)24-10-7-11-25(37)18-24)41(36(2,3)4)35(46)53-22-52-34(45)30(42)13-9-15-49-14-5-6-16-51-33(44)27-19-31(54(39,47)48)28(38)20-29(27)40-21-26-12-8-17-50-26/h7-8,10-12,17-20,23,40H,5-6,9,13-16,21-22H2,1-4H3,(H2,39,47,48). The van der Waals surface area contributed by atoms with Gasteiger partial charge in [-0.25, -0.2) is 27.9 Å². The second-order valence-corrected chi connectivity index (χ2v) is 15.2. The SMILES string of the molecule is CC(C(=O)c1cccc(Cl)c1)N(C(=O)OCOC(=O)C(=O)CCCOCCCCOC(=O)c1cc(S(N)(=O)=O)c(Cl)cc1NCc1ccco1)C(C)(C)C. The number of esters is 2. The van der Waals surface area contributed by atoms with Gasteiger partial charge in [-0.15, -0.1) is 0 Å². The first-order chi connectivity index (χ1) is 25.4. The van der Waals surface area contributed by atoms with Crippen molar-refractivity contribution >= 4 is 68.5 Å². The Bertz CT molecular complexity index is 1900. The molecule has 0 aliphatic carbocycles. The van der Waals surface area contributed by atoms with Crippen molar-refractivity contribution < 1.29 is 55.8 Å². The summed E-state index contributed by atoms with van der Waals surface area (Å²) in [4.78, 5) is 64.0. The monoisotopic (exact) mass is 811 g/mol. The first-order valence-electron chi connectivity index (χ1n) is 16.7. The predicted octanol–water partition coefficient (Wildman–Crippen LogP) is 6.16. The summed E-state index contributed by atoms with van der Waals surface area (Å²) in [7, 11) is -4.22. The number of Topliss-reactive ketones (excluding diaryl/α,β-unsaturated/α-hetero) is 2. The molecular weight excluding hydrogens is 769 g/mol. The second kappa shape index (κ2) is 20.3. The maximum atomic E-state index is 13.1. The summed E-state index contributed by atoms with van der Waals surface area (Å²) in [5, 5.41) is 8.41. The lowest BCUT2D eigenvalue weighted by Crippen LogP contribution is -2.53. The Labute approximate surface area is 323 Å². The van der Waals surface area contributed by atoms with Gasteiger partial charge in [-0.1, -0.05) is 35.3 Å². The molecule has 18 heteroatoms. The van der Waals surface area contributed by atoms with E-state index in [0.29, 0.717) is 29.2 Å². The van der Waals surface area contributed by atoms with E-state index in [1.165, 1.54) is 23.3 Å². The van der Waals surface area contributed by atoms with E-state index in [0.717, 1.165) is 6.07 Å². The number of carbonyl (C=O) groups is 5. The molecule has 0 spiro atoms. The van der Waals surface area contributed by atoms with Crippen LogP contribution in [-0.2, 0) is 45.1 Å². The molecule has 54 heavy (non-hydrogen) atoms. The Kier molecular flexibility index (Phi) is 16.5. The summed E-state index contributed by atoms with van der Waals surface area (Å²) >= 11 is 12.1. The number of amides is 1. The summed E-state index contributed by atoms with van der Waals surface area (Å²) in [6, 6.07) is 11.1. The maximum absolute atomic E-state index is 13.1. The van der Waals surface area contributed by atoms with E-state index in [2.05, 4.69) is 5.32 Å². The lowest BCUT2D eigenvalue weighted by Gasteiger charge is -2.38. The fraction of sp³-hybridized carbons (Fsp3) is 0.417. The van der Waals surface area contributed by atoms with Crippen LogP contribution in [0.15, 0.2) is 64.1 Å². The zero-order valence-corrected chi connectivity index (χ0v) is 32.6. The zero-order valence-electron chi connectivity index (χ0n) is 30.2. The summed E-state index contributed by atoms with van der Waals surface area (Å²) in [6.07, 6.45) is 1.48. The maximum Gasteiger partial charge on any atom is 0.413 e. The minimum Gasteiger partial charge on any atom is -0.467 e. The summed E-state index contributed by atoms with van der Waals surface area (Å²) in [5.41, 5.74) is -0.409. The fourth-order valence-electron chi connectivity index (χ4n) is 5.07. The summed E-state index contributed by atoms with van der Waals surface area (Å²) < 4.78 is 49.9. The molecule has 0 radical (unpaired) electrons. The first-order valence-corrected chi connectivity index (χ1v) is 19.0. The molecule has 1 atom stereocenters. The van der Waals surface area contributed by atoms with Crippen LogP contribution in [0.3, 0.4) is 0 Å². The Balaban J connectivity index is 1.35. The summed E-state index contributed by atoms with van der Waals surface area (Å²) in [6.45, 7) is 6.43. The van der Waals surface area contributed by atoms with Gasteiger partial charge in [0.25, 0.3) is 0 Å². The fourth-order valence-corrected chi connectivity index (χ4v) is 6.36. The number of nitrogens with one attached hydrogen (secondary N) is 1. The van der Waals surface area contributed by atoms with Crippen LogP contribution in [0.4, 0.5) is 10.5 Å². The molecule has 15 nitrogen and oxygen atoms in total. The molecule has 1 aromatic heterocycles. The van der Waals surface area contributed by atoms with E-state index in [1.807, 2.05) is 0 Å². The highest BCUT2D eigenvalue weighted by atomic mass is 35.5. The zero-order chi connectivity index (χ0) is 40.1. The molecule has 1 amide bonds. The van der Waals surface area contributed by atoms with Gasteiger partial charge < -0.3 is 28.7 Å². The number of primary sulfonamides is 1. The van der Waals surface area contributed by atoms with E-state index < -0.39 is 57.1 Å². The summed E-state index contributed by atoms with van der Waals surface area (Å²) in [5.74, 6) is -2.65.